The zero-order valence-corrected chi connectivity index (χ0v) is 9.40. The second-order valence-corrected chi connectivity index (χ2v) is 3.21. The Morgan fingerprint density at radius 3 is 2.82 bits per heavy atom. The average Bonchev–Trinajstić information content (AvgIpc) is 2.28. The zero-order chi connectivity index (χ0) is 12.8. The highest BCUT2D eigenvalue weighted by atomic mass is 35.5. The third kappa shape index (κ3) is 3.76. The van der Waals surface area contributed by atoms with Crippen molar-refractivity contribution in [2.24, 2.45) is 0 Å². The molecule has 0 unspecified atom stereocenters. The van der Waals surface area contributed by atoms with E-state index in [9.17, 15) is 9.59 Å². The molecular formula is C10H9ClN2O4. The lowest BCUT2D eigenvalue weighted by Gasteiger charge is -2.06. The molecule has 1 amide bonds. The minimum atomic E-state index is -1.20. The minimum Gasteiger partial charge on any atom is -0.477 e. The summed E-state index contributed by atoms with van der Waals surface area (Å²) in [7, 11) is 0. The molecule has 2 N–H and O–H groups in total. The van der Waals surface area contributed by atoms with E-state index in [2.05, 4.69) is 21.6 Å². The van der Waals surface area contributed by atoms with Gasteiger partial charge in [-0.1, -0.05) is 24.3 Å². The first-order valence-corrected chi connectivity index (χ1v) is 4.87. The Labute approximate surface area is 102 Å². The largest absolute Gasteiger partial charge is 0.477 e. The molecule has 6 nitrogen and oxygen atoms in total. The molecule has 0 aliphatic heterocycles. The Morgan fingerprint density at radius 1 is 1.59 bits per heavy atom. The molecule has 1 rings (SSSR count). The molecule has 7 heteroatoms. The standard InChI is InChI=1S/C10H9ClN2O4/c1-2-5-17-10(16)13-6-3-4-7(9(14)15)12-8(6)11/h2-4H,1,5H2,(H,13,16)(H,14,15). The fourth-order valence-electron chi connectivity index (χ4n) is 0.927. The van der Waals surface area contributed by atoms with E-state index in [4.69, 9.17) is 16.7 Å². The molecule has 0 fully saturated rings. The van der Waals surface area contributed by atoms with E-state index in [0.717, 1.165) is 0 Å². The Hall–Kier alpha value is -2.08. The SMILES string of the molecule is C=CCOC(=O)Nc1ccc(C(=O)O)nc1Cl. The van der Waals surface area contributed by atoms with E-state index < -0.39 is 12.1 Å². The van der Waals surface area contributed by atoms with Gasteiger partial charge in [0.1, 0.15) is 12.3 Å². The van der Waals surface area contributed by atoms with Crippen molar-refractivity contribution in [1.82, 2.24) is 4.98 Å². The van der Waals surface area contributed by atoms with Gasteiger partial charge >= 0.3 is 12.1 Å². The lowest BCUT2D eigenvalue weighted by Crippen LogP contribution is -2.14. The number of nitrogens with one attached hydrogen (secondary N) is 1. The number of rotatable bonds is 4. The summed E-state index contributed by atoms with van der Waals surface area (Å²) in [6.45, 7) is 3.44. The minimum absolute atomic E-state index is 0.0596. The van der Waals surface area contributed by atoms with Gasteiger partial charge in [-0.3, -0.25) is 5.32 Å². The van der Waals surface area contributed by atoms with Crippen molar-refractivity contribution in [3.8, 4) is 0 Å². The van der Waals surface area contributed by atoms with Crippen molar-refractivity contribution < 1.29 is 19.4 Å². The lowest BCUT2D eigenvalue weighted by molar-refractivity contribution is 0.0690. The first-order chi connectivity index (χ1) is 8.04. The number of carboxylic acids is 1. The maximum atomic E-state index is 11.2. The van der Waals surface area contributed by atoms with E-state index in [1.807, 2.05) is 0 Å². The van der Waals surface area contributed by atoms with Gasteiger partial charge in [-0.15, -0.1) is 0 Å². The van der Waals surface area contributed by atoms with E-state index in [1.54, 1.807) is 0 Å². The van der Waals surface area contributed by atoms with Gasteiger partial charge in [-0.05, 0) is 12.1 Å². The van der Waals surface area contributed by atoms with Crippen LogP contribution in [0.1, 0.15) is 10.5 Å². The number of carbonyl (C=O) groups excluding carboxylic acids is 1. The number of amides is 1. The van der Waals surface area contributed by atoms with Crippen LogP contribution in [0.15, 0.2) is 24.8 Å². The van der Waals surface area contributed by atoms with Gasteiger partial charge in [-0.25, -0.2) is 14.6 Å². The number of ether oxygens (including phenoxy) is 1. The number of halogens is 1. The van der Waals surface area contributed by atoms with Gasteiger partial charge in [-0.2, -0.15) is 0 Å². The van der Waals surface area contributed by atoms with Crippen LogP contribution in [0.5, 0.6) is 0 Å². The van der Waals surface area contributed by atoms with Crippen LogP contribution < -0.4 is 5.32 Å². The Bertz CT molecular complexity index is 462. The van der Waals surface area contributed by atoms with E-state index in [-0.39, 0.29) is 23.1 Å². The van der Waals surface area contributed by atoms with Crippen LogP contribution in [0.4, 0.5) is 10.5 Å². The molecule has 0 spiro atoms. The number of anilines is 1. The number of hydrogen-bond donors (Lipinski definition) is 2. The Morgan fingerprint density at radius 2 is 2.29 bits per heavy atom. The monoisotopic (exact) mass is 256 g/mol. The van der Waals surface area contributed by atoms with Crippen LogP contribution >= 0.6 is 11.6 Å². The molecule has 0 atom stereocenters. The molecule has 0 bridgehead atoms. The van der Waals surface area contributed by atoms with Crippen molar-refractivity contribution in [2.45, 2.75) is 0 Å². The summed E-state index contributed by atoms with van der Waals surface area (Å²) in [5, 5.41) is 10.8. The third-order valence-corrected chi connectivity index (χ3v) is 1.92. The molecule has 0 aliphatic rings. The number of carbonyl (C=O) groups is 2. The summed E-state index contributed by atoms with van der Waals surface area (Å²) in [6.07, 6.45) is 0.684. The molecule has 17 heavy (non-hydrogen) atoms. The summed E-state index contributed by atoms with van der Waals surface area (Å²) in [5.41, 5.74) is -0.0364. The van der Waals surface area contributed by atoms with Crippen molar-refractivity contribution >= 4 is 29.4 Å². The van der Waals surface area contributed by atoms with E-state index in [1.165, 1.54) is 18.2 Å². The number of nitrogens with zero attached hydrogens (tertiary/aromatic N) is 1. The molecule has 0 radical (unpaired) electrons. The van der Waals surface area contributed by atoms with Crippen molar-refractivity contribution in [2.75, 3.05) is 11.9 Å². The Kier molecular flexibility index (Phi) is 4.47. The van der Waals surface area contributed by atoms with Gasteiger partial charge in [0.05, 0.1) is 5.69 Å². The maximum absolute atomic E-state index is 11.2. The fourth-order valence-corrected chi connectivity index (χ4v) is 1.13. The van der Waals surface area contributed by atoms with Crippen LogP contribution in [-0.2, 0) is 4.74 Å². The highest BCUT2D eigenvalue weighted by Gasteiger charge is 2.11. The highest BCUT2D eigenvalue weighted by Crippen LogP contribution is 2.19. The quantitative estimate of drug-likeness (QED) is 0.637. The molecule has 0 saturated heterocycles. The zero-order valence-electron chi connectivity index (χ0n) is 8.64. The van der Waals surface area contributed by atoms with Crippen molar-refractivity contribution in [3.63, 3.8) is 0 Å². The van der Waals surface area contributed by atoms with Gasteiger partial charge < -0.3 is 9.84 Å². The Balaban J connectivity index is 2.75. The summed E-state index contributed by atoms with van der Waals surface area (Å²) in [4.78, 5) is 25.3. The molecule has 0 aliphatic carbocycles. The first kappa shape index (κ1) is 13.0. The lowest BCUT2D eigenvalue weighted by atomic mass is 10.3. The second kappa shape index (κ2) is 5.86. The number of carboxylic acid groups (broad SMARTS) is 1. The molecular weight excluding hydrogens is 248 g/mol. The maximum Gasteiger partial charge on any atom is 0.412 e. The molecule has 90 valence electrons. The topological polar surface area (TPSA) is 88.5 Å². The number of aromatic nitrogens is 1. The van der Waals surface area contributed by atoms with Crippen molar-refractivity contribution in [1.29, 1.82) is 0 Å². The van der Waals surface area contributed by atoms with Gasteiger partial charge in [0, 0.05) is 0 Å². The number of aromatic carboxylic acids is 1. The van der Waals surface area contributed by atoms with Crippen LogP contribution in [0, 0.1) is 0 Å². The summed E-state index contributed by atoms with van der Waals surface area (Å²) < 4.78 is 4.66. The first-order valence-electron chi connectivity index (χ1n) is 4.49. The number of pyridine rings is 1. The average molecular weight is 257 g/mol. The van der Waals surface area contributed by atoms with Crippen LogP contribution in [-0.4, -0.2) is 28.8 Å². The van der Waals surface area contributed by atoms with Gasteiger partial charge in [0.25, 0.3) is 0 Å². The molecule has 0 aromatic carbocycles. The summed E-state index contributed by atoms with van der Waals surface area (Å²) in [6, 6.07) is 2.55. The molecule has 0 saturated carbocycles. The summed E-state index contributed by atoms with van der Waals surface area (Å²) >= 11 is 5.69. The molecule has 1 aromatic rings. The van der Waals surface area contributed by atoms with E-state index in [0.29, 0.717) is 0 Å². The highest BCUT2D eigenvalue weighted by molar-refractivity contribution is 6.32. The molecule has 1 aromatic heterocycles. The predicted molar refractivity (Wildman–Crippen MR) is 61.4 cm³/mol. The third-order valence-electron chi connectivity index (χ3n) is 1.64. The smallest absolute Gasteiger partial charge is 0.412 e. The van der Waals surface area contributed by atoms with E-state index >= 15 is 0 Å². The van der Waals surface area contributed by atoms with Gasteiger partial charge in [0.2, 0.25) is 0 Å². The van der Waals surface area contributed by atoms with Crippen LogP contribution in [0.25, 0.3) is 0 Å². The van der Waals surface area contributed by atoms with Crippen LogP contribution in [0.2, 0.25) is 5.15 Å². The number of hydrogen-bond acceptors (Lipinski definition) is 4. The second-order valence-electron chi connectivity index (χ2n) is 2.85. The summed E-state index contributed by atoms with van der Waals surface area (Å²) in [5.74, 6) is -1.20. The van der Waals surface area contributed by atoms with Crippen LogP contribution in [0.3, 0.4) is 0 Å². The molecule has 1 heterocycles. The predicted octanol–water partition coefficient (Wildman–Crippen LogP) is 2.17. The fraction of sp³-hybridized carbons (Fsp3) is 0.100. The van der Waals surface area contributed by atoms with Gasteiger partial charge in [0.15, 0.2) is 5.15 Å². The normalized spacial score (nSPS) is 9.47. The van der Waals surface area contributed by atoms with Crippen molar-refractivity contribution in [3.05, 3.63) is 35.6 Å².